The second-order valence-electron chi connectivity index (χ2n) is 4.91. The number of hydrogen-bond acceptors (Lipinski definition) is 4. The van der Waals surface area contributed by atoms with Crippen molar-refractivity contribution >= 4 is 0 Å². The Balaban J connectivity index is 2.60. The fourth-order valence-corrected chi connectivity index (χ4v) is 2.11. The molecule has 1 aromatic heterocycles. The van der Waals surface area contributed by atoms with Gasteiger partial charge in [0, 0.05) is 12.5 Å². The third-order valence-corrected chi connectivity index (χ3v) is 3.31. The molecular formula is C14H27N3O. The first-order valence-electron chi connectivity index (χ1n) is 7.28. The van der Waals surface area contributed by atoms with E-state index in [1.54, 1.807) is 0 Å². The molecule has 0 spiro atoms. The average molecular weight is 253 g/mol. The minimum atomic E-state index is 0.319. The first-order valence-corrected chi connectivity index (χ1v) is 7.28. The molecule has 1 N–H and O–H groups in total. The molecule has 4 heteroatoms. The monoisotopic (exact) mass is 253 g/mol. The van der Waals surface area contributed by atoms with Gasteiger partial charge >= 0.3 is 0 Å². The Morgan fingerprint density at radius 3 is 2.61 bits per heavy atom. The van der Waals surface area contributed by atoms with Crippen molar-refractivity contribution in [2.24, 2.45) is 0 Å². The second kappa shape index (κ2) is 8.25. The Kier molecular flexibility index (Phi) is 6.94. The van der Waals surface area contributed by atoms with E-state index in [9.17, 15) is 0 Å². The molecule has 18 heavy (non-hydrogen) atoms. The van der Waals surface area contributed by atoms with Crippen LogP contribution in [0.3, 0.4) is 0 Å². The summed E-state index contributed by atoms with van der Waals surface area (Å²) in [5, 5.41) is 7.58. The van der Waals surface area contributed by atoms with Gasteiger partial charge < -0.3 is 9.84 Å². The fraction of sp³-hybridized carbons (Fsp3) is 0.857. The van der Waals surface area contributed by atoms with Crippen LogP contribution in [0.2, 0.25) is 0 Å². The number of unbranched alkanes of at least 4 members (excludes halogenated alkanes) is 1. The Hall–Kier alpha value is -0.900. The molecule has 0 aliphatic rings. The molecule has 0 radical (unpaired) electrons. The zero-order chi connectivity index (χ0) is 13.4. The SMILES string of the molecule is CCCCc1noc(C(CC)C(C)NCCC)n1. The van der Waals surface area contributed by atoms with Gasteiger partial charge in [-0.3, -0.25) is 0 Å². The molecule has 0 aromatic carbocycles. The summed E-state index contributed by atoms with van der Waals surface area (Å²) in [7, 11) is 0. The van der Waals surface area contributed by atoms with Gasteiger partial charge in [0.05, 0.1) is 5.92 Å². The zero-order valence-corrected chi connectivity index (χ0v) is 12.2. The molecular weight excluding hydrogens is 226 g/mol. The van der Waals surface area contributed by atoms with Crippen LogP contribution in [0.15, 0.2) is 4.52 Å². The van der Waals surface area contributed by atoms with E-state index < -0.39 is 0 Å². The van der Waals surface area contributed by atoms with E-state index in [2.05, 4.69) is 43.2 Å². The first-order chi connectivity index (χ1) is 8.72. The van der Waals surface area contributed by atoms with Crippen LogP contribution in [0, 0.1) is 0 Å². The highest BCUT2D eigenvalue weighted by atomic mass is 16.5. The molecule has 0 amide bonds. The molecule has 1 heterocycles. The largest absolute Gasteiger partial charge is 0.339 e. The molecule has 0 saturated carbocycles. The van der Waals surface area contributed by atoms with Crippen LogP contribution in [0.1, 0.15) is 71.0 Å². The van der Waals surface area contributed by atoms with Gasteiger partial charge in [-0.1, -0.05) is 32.3 Å². The second-order valence-corrected chi connectivity index (χ2v) is 4.91. The van der Waals surface area contributed by atoms with Crippen molar-refractivity contribution in [1.82, 2.24) is 15.5 Å². The highest BCUT2D eigenvalue weighted by Crippen LogP contribution is 2.22. The maximum Gasteiger partial charge on any atom is 0.231 e. The Labute approximate surface area is 111 Å². The third-order valence-electron chi connectivity index (χ3n) is 3.31. The smallest absolute Gasteiger partial charge is 0.231 e. The van der Waals surface area contributed by atoms with Gasteiger partial charge in [-0.25, -0.2) is 0 Å². The van der Waals surface area contributed by atoms with E-state index >= 15 is 0 Å². The van der Waals surface area contributed by atoms with Crippen LogP contribution in [0.4, 0.5) is 0 Å². The summed E-state index contributed by atoms with van der Waals surface area (Å²) in [6.45, 7) is 9.75. The van der Waals surface area contributed by atoms with E-state index in [-0.39, 0.29) is 0 Å². The van der Waals surface area contributed by atoms with Crippen LogP contribution in [-0.4, -0.2) is 22.7 Å². The van der Waals surface area contributed by atoms with Gasteiger partial charge in [-0.05, 0) is 32.7 Å². The fourth-order valence-electron chi connectivity index (χ4n) is 2.11. The van der Waals surface area contributed by atoms with E-state index in [1.165, 1.54) is 0 Å². The van der Waals surface area contributed by atoms with Crippen LogP contribution in [0.5, 0.6) is 0 Å². The lowest BCUT2D eigenvalue weighted by atomic mass is 9.98. The molecule has 104 valence electrons. The quantitative estimate of drug-likeness (QED) is 0.733. The lowest BCUT2D eigenvalue weighted by Crippen LogP contribution is -2.32. The molecule has 2 atom stereocenters. The third kappa shape index (κ3) is 4.41. The predicted octanol–water partition coefficient (Wildman–Crippen LogP) is 3.29. The summed E-state index contributed by atoms with van der Waals surface area (Å²) in [5.74, 6) is 1.96. The van der Waals surface area contributed by atoms with Crippen molar-refractivity contribution in [3.8, 4) is 0 Å². The summed E-state index contributed by atoms with van der Waals surface area (Å²) in [4.78, 5) is 4.53. The predicted molar refractivity (Wildman–Crippen MR) is 73.7 cm³/mol. The Morgan fingerprint density at radius 1 is 1.22 bits per heavy atom. The van der Waals surface area contributed by atoms with Gasteiger partial charge in [-0.15, -0.1) is 0 Å². The molecule has 2 unspecified atom stereocenters. The van der Waals surface area contributed by atoms with Gasteiger partial charge in [0.15, 0.2) is 5.82 Å². The minimum Gasteiger partial charge on any atom is -0.339 e. The van der Waals surface area contributed by atoms with Crippen molar-refractivity contribution in [3.63, 3.8) is 0 Å². The Morgan fingerprint density at radius 2 is 2.00 bits per heavy atom. The molecule has 0 bridgehead atoms. The van der Waals surface area contributed by atoms with Crippen LogP contribution in [-0.2, 0) is 6.42 Å². The van der Waals surface area contributed by atoms with E-state index in [0.717, 1.165) is 50.4 Å². The summed E-state index contributed by atoms with van der Waals surface area (Å²) >= 11 is 0. The van der Waals surface area contributed by atoms with Crippen LogP contribution in [0.25, 0.3) is 0 Å². The van der Waals surface area contributed by atoms with Gasteiger partial charge in [0.1, 0.15) is 0 Å². The van der Waals surface area contributed by atoms with Gasteiger partial charge in [-0.2, -0.15) is 4.98 Å². The topological polar surface area (TPSA) is 51.0 Å². The number of hydrogen-bond donors (Lipinski definition) is 1. The summed E-state index contributed by atoms with van der Waals surface area (Å²) < 4.78 is 5.41. The number of aryl methyl sites for hydroxylation is 1. The first kappa shape index (κ1) is 15.2. The van der Waals surface area contributed by atoms with Crippen molar-refractivity contribution in [2.45, 2.75) is 71.8 Å². The lowest BCUT2D eigenvalue weighted by Gasteiger charge is -2.20. The maximum absolute atomic E-state index is 5.41. The van der Waals surface area contributed by atoms with Gasteiger partial charge in [0.2, 0.25) is 5.89 Å². The summed E-state index contributed by atoms with van der Waals surface area (Å²) in [6, 6.07) is 0.384. The number of nitrogens with one attached hydrogen (secondary N) is 1. The lowest BCUT2D eigenvalue weighted by molar-refractivity contribution is 0.314. The number of aromatic nitrogens is 2. The highest BCUT2D eigenvalue weighted by Gasteiger charge is 2.22. The van der Waals surface area contributed by atoms with E-state index in [4.69, 9.17) is 4.52 Å². The number of nitrogens with zero attached hydrogens (tertiary/aromatic N) is 2. The molecule has 0 aliphatic carbocycles. The maximum atomic E-state index is 5.41. The van der Waals surface area contributed by atoms with Crippen molar-refractivity contribution in [2.75, 3.05) is 6.54 Å². The van der Waals surface area contributed by atoms with E-state index in [1.807, 2.05) is 0 Å². The molecule has 0 fully saturated rings. The summed E-state index contributed by atoms with van der Waals surface area (Å²) in [5.41, 5.74) is 0. The van der Waals surface area contributed by atoms with Crippen LogP contribution >= 0.6 is 0 Å². The van der Waals surface area contributed by atoms with E-state index in [0.29, 0.717) is 12.0 Å². The van der Waals surface area contributed by atoms with Gasteiger partial charge in [0.25, 0.3) is 0 Å². The molecule has 0 aliphatic heterocycles. The Bertz CT molecular complexity index is 325. The molecule has 1 rings (SSSR count). The average Bonchev–Trinajstić information content (AvgIpc) is 2.83. The minimum absolute atomic E-state index is 0.319. The standard InChI is InChI=1S/C14H27N3O/c1-5-8-9-13-16-14(18-17-13)12(7-3)11(4)15-10-6-2/h11-12,15H,5-10H2,1-4H3. The highest BCUT2D eigenvalue weighted by molar-refractivity contribution is 4.98. The molecule has 1 aromatic rings. The van der Waals surface area contributed by atoms with Crippen LogP contribution < -0.4 is 5.32 Å². The zero-order valence-electron chi connectivity index (χ0n) is 12.2. The van der Waals surface area contributed by atoms with Crippen molar-refractivity contribution < 1.29 is 4.52 Å². The van der Waals surface area contributed by atoms with Crippen molar-refractivity contribution in [3.05, 3.63) is 11.7 Å². The molecule has 0 saturated heterocycles. The molecule has 4 nitrogen and oxygen atoms in total. The van der Waals surface area contributed by atoms with Crippen molar-refractivity contribution in [1.29, 1.82) is 0 Å². The summed E-state index contributed by atoms with van der Waals surface area (Å²) in [6.07, 6.45) is 5.38. The normalized spacial score (nSPS) is 14.7. The number of rotatable bonds is 9.